The third-order valence-electron chi connectivity index (χ3n) is 4.63. The molecule has 0 heterocycles. The minimum absolute atomic E-state index is 0.0771. The van der Waals surface area contributed by atoms with E-state index in [-0.39, 0.29) is 11.0 Å². The molecule has 0 aromatic heterocycles. The van der Waals surface area contributed by atoms with Crippen LogP contribution in [0.2, 0.25) is 0 Å². The molecule has 0 spiro atoms. The van der Waals surface area contributed by atoms with Gasteiger partial charge in [-0.2, -0.15) is 0 Å². The third-order valence-corrected chi connectivity index (χ3v) is 4.84. The van der Waals surface area contributed by atoms with Gasteiger partial charge in [-0.1, -0.05) is 29.8 Å². The number of para-hydroxylation sites is 1. The normalized spacial score (nSPS) is 10.1. The van der Waals surface area contributed by atoms with Crippen LogP contribution in [0.3, 0.4) is 0 Å². The molecule has 0 aliphatic heterocycles. The van der Waals surface area contributed by atoms with E-state index in [2.05, 4.69) is 21.5 Å². The van der Waals surface area contributed by atoms with Crippen molar-refractivity contribution in [2.45, 2.75) is 13.8 Å². The number of hydrogen-bond donors (Lipinski definition) is 4. The Morgan fingerprint density at radius 3 is 2.26 bits per heavy atom. The average molecular weight is 477 g/mol. The number of ether oxygens (including phenoxy) is 1. The first-order chi connectivity index (χ1) is 16.4. The Kier molecular flexibility index (Phi) is 8.31. The number of thiocarbonyl (C=S) groups is 1. The zero-order chi connectivity index (χ0) is 24.5. The summed E-state index contributed by atoms with van der Waals surface area (Å²) < 4.78 is 5.44. The maximum absolute atomic E-state index is 12.4. The molecule has 34 heavy (non-hydrogen) atoms. The Bertz CT molecular complexity index is 1210. The molecule has 0 aliphatic carbocycles. The number of aryl methyl sites for hydroxylation is 1. The van der Waals surface area contributed by atoms with Gasteiger partial charge in [-0.15, -0.1) is 0 Å². The zero-order valence-electron chi connectivity index (χ0n) is 18.7. The van der Waals surface area contributed by atoms with Crippen molar-refractivity contribution in [2.24, 2.45) is 0 Å². The van der Waals surface area contributed by atoms with Crippen LogP contribution in [0, 0.1) is 6.92 Å². The first-order valence-corrected chi connectivity index (χ1v) is 10.9. The molecule has 3 rings (SSSR count). The van der Waals surface area contributed by atoms with Crippen molar-refractivity contribution < 1.29 is 19.1 Å². The molecule has 8 nitrogen and oxygen atoms in total. The zero-order valence-corrected chi connectivity index (χ0v) is 19.5. The van der Waals surface area contributed by atoms with E-state index in [1.54, 1.807) is 60.7 Å². The fourth-order valence-electron chi connectivity index (χ4n) is 3.02. The Labute approximate surface area is 202 Å². The van der Waals surface area contributed by atoms with Crippen LogP contribution in [0.1, 0.15) is 43.6 Å². The number of hydrogen-bond acceptors (Lipinski definition) is 5. The van der Waals surface area contributed by atoms with Crippen LogP contribution in [-0.2, 0) is 0 Å². The highest BCUT2D eigenvalue weighted by molar-refractivity contribution is 7.80. The Morgan fingerprint density at radius 1 is 0.824 bits per heavy atom. The first-order valence-electron chi connectivity index (χ1n) is 10.5. The van der Waals surface area contributed by atoms with E-state index in [4.69, 9.17) is 17.0 Å². The highest BCUT2D eigenvalue weighted by Gasteiger charge is 2.14. The first kappa shape index (κ1) is 24.4. The van der Waals surface area contributed by atoms with Gasteiger partial charge < -0.3 is 10.1 Å². The van der Waals surface area contributed by atoms with E-state index in [1.807, 2.05) is 26.0 Å². The van der Waals surface area contributed by atoms with Gasteiger partial charge in [0.05, 0.1) is 12.2 Å². The van der Waals surface area contributed by atoms with Crippen molar-refractivity contribution in [2.75, 3.05) is 11.9 Å². The van der Waals surface area contributed by atoms with Crippen LogP contribution < -0.4 is 26.2 Å². The van der Waals surface area contributed by atoms with Crippen molar-refractivity contribution in [1.29, 1.82) is 0 Å². The Hall–Kier alpha value is -4.24. The number of hydrazine groups is 1. The van der Waals surface area contributed by atoms with Gasteiger partial charge in [0, 0.05) is 16.8 Å². The monoisotopic (exact) mass is 476 g/mol. The number of amides is 3. The third kappa shape index (κ3) is 6.63. The fraction of sp³-hybridized carbons (Fsp3) is 0.120. The van der Waals surface area contributed by atoms with Crippen LogP contribution in [0.5, 0.6) is 5.75 Å². The van der Waals surface area contributed by atoms with Gasteiger partial charge in [0.1, 0.15) is 5.75 Å². The standard InChI is InChI=1S/C25H24N4O4S/c1-3-33-21-10-5-4-9-20(21)24(32)27-25(34)29-28-23(31)17-11-13-19(14-12-17)26-22(30)18-8-6-7-16(2)15-18/h4-15H,3H2,1-2H3,(H,26,30)(H,28,31)(H2,27,29,32,34). The van der Waals surface area contributed by atoms with E-state index in [1.165, 1.54) is 0 Å². The summed E-state index contributed by atoms with van der Waals surface area (Å²) >= 11 is 5.08. The van der Waals surface area contributed by atoms with Crippen molar-refractivity contribution >= 4 is 40.7 Å². The molecule has 0 unspecified atom stereocenters. The summed E-state index contributed by atoms with van der Waals surface area (Å²) in [6, 6.07) is 20.4. The molecule has 0 atom stereocenters. The molecule has 0 bridgehead atoms. The molecule has 0 saturated carbocycles. The van der Waals surface area contributed by atoms with E-state index in [9.17, 15) is 14.4 Å². The highest BCUT2D eigenvalue weighted by atomic mass is 32.1. The smallest absolute Gasteiger partial charge is 0.269 e. The van der Waals surface area contributed by atoms with E-state index in [0.717, 1.165) is 5.56 Å². The second-order valence-corrected chi connectivity index (χ2v) is 7.60. The van der Waals surface area contributed by atoms with Crippen LogP contribution in [0.15, 0.2) is 72.8 Å². The second-order valence-electron chi connectivity index (χ2n) is 7.19. The maximum Gasteiger partial charge on any atom is 0.269 e. The number of benzene rings is 3. The van der Waals surface area contributed by atoms with Crippen molar-refractivity contribution in [1.82, 2.24) is 16.2 Å². The largest absolute Gasteiger partial charge is 0.493 e. The highest BCUT2D eigenvalue weighted by Crippen LogP contribution is 2.17. The molecular formula is C25H24N4O4S. The lowest BCUT2D eigenvalue weighted by Gasteiger charge is -2.13. The van der Waals surface area contributed by atoms with Crippen LogP contribution in [0.25, 0.3) is 0 Å². The summed E-state index contributed by atoms with van der Waals surface area (Å²) in [5.41, 5.74) is 7.65. The van der Waals surface area contributed by atoms with E-state index in [0.29, 0.717) is 34.7 Å². The number of carbonyl (C=O) groups is 3. The number of nitrogens with one attached hydrogen (secondary N) is 4. The lowest BCUT2D eigenvalue weighted by Crippen LogP contribution is -2.48. The summed E-state index contributed by atoms with van der Waals surface area (Å²) in [5.74, 6) is -0.745. The number of anilines is 1. The van der Waals surface area contributed by atoms with Crippen molar-refractivity contribution in [3.8, 4) is 5.75 Å². The summed E-state index contributed by atoms with van der Waals surface area (Å²) in [7, 11) is 0. The lowest BCUT2D eigenvalue weighted by molar-refractivity contribution is 0.0933. The average Bonchev–Trinajstić information content (AvgIpc) is 2.83. The minimum Gasteiger partial charge on any atom is -0.493 e. The van der Waals surface area contributed by atoms with Gasteiger partial charge in [0.15, 0.2) is 5.11 Å². The molecule has 3 aromatic carbocycles. The number of rotatable bonds is 6. The van der Waals surface area contributed by atoms with Gasteiger partial charge in [-0.25, -0.2) is 0 Å². The molecule has 4 N–H and O–H groups in total. The van der Waals surface area contributed by atoms with Gasteiger partial charge in [0.2, 0.25) is 0 Å². The van der Waals surface area contributed by atoms with Gasteiger partial charge in [-0.05, 0) is 74.6 Å². The quantitative estimate of drug-likeness (QED) is 0.320. The summed E-state index contributed by atoms with van der Waals surface area (Å²) in [6.07, 6.45) is 0. The maximum atomic E-state index is 12.4. The lowest BCUT2D eigenvalue weighted by atomic mass is 10.1. The SMILES string of the molecule is CCOc1ccccc1C(=O)NC(=S)NNC(=O)c1ccc(NC(=O)c2cccc(C)c2)cc1. The van der Waals surface area contributed by atoms with Crippen molar-refractivity contribution in [3.63, 3.8) is 0 Å². The molecule has 3 aromatic rings. The summed E-state index contributed by atoms with van der Waals surface area (Å²) in [4.78, 5) is 37.2. The van der Waals surface area contributed by atoms with Crippen LogP contribution >= 0.6 is 12.2 Å². The predicted octanol–water partition coefficient (Wildman–Crippen LogP) is 3.60. The Morgan fingerprint density at radius 2 is 1.56 bits per heavy atom. The fourth-order valence-corrected chi connectivity index (χ4v) is 3.16. The van der Waals surface area contributed by atoms with Gasteiger partial charge >= 0.3 is 0 Å². The van der Waals surface area contributed by atoms with E-state index >= 15 is 0 Å². The van der Waals surface area contributed by atoms with Gasteiger partial charge in [0.25, 0.3) is 17.7 Å². The summed E-state index contributed by atoms with van der Waals surface area (Å²) in [5, 5.41) is 5.20. The molecule has 3 amide bonds. The molecule has 0 radical (unpaired) electrons. The molecular weight excluding hydrogens is 452 g/mol. The van der Waals surface area contributed by atoms with Crippen molar-refractivity contribution in [3.05, 3.63) is 95.1 Å². The summed E-state index contributed by atoms with van der Waals surface area (Å²) in [6.45, 7) is 4.15. The molecule has 0 aliphatic rings. The van der Waals surface area contributed by atoms with E-state index < -0.39 is 11.8 Å². The Balaban J connectivity index is 1.51. The molecule has 9 heteroatoms. The minimum atomic E-state index is -0.470. The molecule has 0 saturated heterocycles. The molecule has 0 fully saturated rings. The topological polar surface area (TPSA) is 109 Å². The number of carbonyl (C=O) groups excluding carboxylic acids is 3. The molecule has 174 valence electrons. The second kappa shape index (κ2) is 11.6. The predicted molar refractivity (Wildman–Crippen MR) is 134 cm³/mol. The van der Waals surface area contributed by atoms with Crippen LogP contribution in [-0.4, -0.2) is 29.4 Å². The van der Waals surface area contributed by atoms with Gasteiger partial charge in [-0.3, -0.25) is 30.6 Å². The van der Waals surface area contributed by atoms with Crippen LogP contribution in [0.4, 0.5) is 5.69 Å².